The third-order valence-electron chi connectivity index (χ3n) is 6.11. The lowest BCUT2D eigenvalue weighted by Crippen LogP contribution is -2.32. The van der Waals surface area contributed by atoms with Gasteiger partial charge in [0, 0.05) is 23.6 Å². The molecule has 1 aromatic heterocycles. The Morgan fingerprint density at radius 1 is 1.24 bits per heavy atom. The van der Waals surface area contributed by atoms with Gasteiger partial charge in [-0.3, -0.25) is 14.7 Å². The van der Waals surface area contributed by atoms with Gasteiger partial charge in [0.05, 0.1) is 18.6 Å². The van der Waals surface area contributed by atoms with E-state index in [9.17, 15) is 14.7 Å². The summed E-state index contributed by atoms with van der Waals surface area (Å²) in [7, 11) is 1.31. The zero-order chi connectivity index (χ0) is 23.8. The lowest BCUT2D eigenvalue weighted by Gasteiger charge is -2.32. The number of aromatic nitrogens is 2. The van der Waals surface area contributed by atoms with Crippen LogP contribution in [0.15, 0.2) is 41.2 Å². The largest absolute Gasteiger partial charge is 0.506 e. The third kappa shape index (κ3) is 4.93. The fraction of sp³-hybridized carbons (Fsp3) is 0.360. The summed E-state index contributed by atoms with van der Waals surface area (Å²) in [6.07, 6.45) is 2.27. The van der Waals surface area contributed by atoms with Crippen LogP contribution in [-0.2, 0) is 22.4 Å². The Bertz CT molecular complexity index is 1240. The lowest BCUT2D eigenvalue weighted by molar-refractivity contribution is -0.140. The normalized spacial score (nSPS) is 15.4. The second kappa shape index (κ2) is 8.98. The van der Waals surface area contributed by atoms with Crippen LogP contribution in [0, 0.1) is 0 Å². The Balaban J connectivity index is 1.70. The Kier molecular flexibility index (Phi) is 6.26. The van der Waals surface area contributed by atoms with E-state index < -0.39 is 11.9 Å². The van der Waals surface area contributed by atoms with E-state index in [0.29, 0.717) is 23.2 Å². The molecule has 0 saturated carbocycles. The maximum Gasteiger partial charge on any atom is 0.306 e. The molecule has 8 heteroatoms. The van der Waals surface area contributed by atoms with Crippen LogP contribution in [0.3, 0.4) is 0 Å². The number of aromatic amines is 2. The Morgan fingerprint density at radius 3 is 2.76 bits per heavy atom. The molecule has 2 heterocycles. The van der Waals surface area contributed by atoms with Gasteiger partial charge in [-0.1, -0.05) is 29.8 Å². The van der Waals surface area contributed by atoms with Gasteiger partial charge in [-0.25, -0.2) is 0 Å². The summed E-state index contributed by atoms with van der Waals surface area (Å²) >= 11 is 6.11. The van der Waals surface area contributed by atoms with Crippen molar-refractivity contribution >= 4 is 17.6 Å². The fourth-order valence-electron chi connectivity index (χ4n) is 4.31. The van der Waals surface area contributed by atoms with Gasteiger partial charge in [0.1, 0.15) is 17.1 Å². The highest BCUT2D eigenvalue weighted by molar-refractivity contribution is 6.32. The van der Waals surface area contributed by atoms with Gasteiger partial charge >= 0.3 is 5.97 Å². The average molecular weight is 471 g/mol. The zero-order valence-corrected chi connectivity index (χ0v) is 19.6. The first-order valence-electron chi connectivity index (χ1n) is 10.8. The second-order valence-electron chi connectivity index (χ2n) is 9.00. The standard InChI is InChI=1S/C25H27ClN2O5/c1-25(2)9-8-16-10-14(4-7-21(16)33-25)11-19-23(24(31)28-27-19)17(13-22(30)32-3)15-5-6-20(29)18(26)12-15/h4-7,10,12,17,29H,8-9,11,13H2,1-3H3,(H2,27,28,31)/t17-/m0/s1. The monoisotopic (exact) mass is 470 g/mol. The van der Waals surface area contributed by atoms with Crippen LogP contribution in [0.5, 0.6) is 11.5 Å². The minimum Gasteiger partial charge on any atom is -0.506 e. The number of nitrogens with one attached hydrogen (secondary N) is 2. The Labute approximate surface area is 196 Å². The minimum absolute atomic E-state index is 0.0430. The number of rotatable bonds is 6. The van der Waals surface area contributed by atoms with E-state index in [0.717, 1.165) is 29.7 Å². The van der Waals surface area contributed by atoms with E-state index >= 15 is 0 Å². The molecule has 1 aliphatic rings. The zero-order valence-electron chi connectivity index (χ0n) is 18.8. The van der Waals surface area contributed by atoms with E-state index in [1.54, 1.807) is 12.1 Å². The molecule has 0 aliphatic carbocycles. The van der Waals surface area contributed by atoms with Gasteiger partial charge in [0.2, 0.25) is 0 Å². The molecule has 3 N–H and O–H groups in total. The number of fused-ring (bicyclic) bond motifs is 1. The number of aromatic hydroxyl groups is 1. The number of halogens is 1. The summed E-state index contributed by atoms with van der Waals surface area (Å²) in [6.45, 7) is 4.16. The smallest absolute Gasteiger partial charge is 0.306 e. The number of hydrogen-bond donors (Lipinski definition) is 3. The molecule has 0 unspecified atom stereocenters. The first-order valence-corrected chi connectivity index (χ1v) is 11.2. The molecule has 174 valence electrons. The molecule has 0 radical (unpaired) electrons. The van der Waals surface area contributed by atoms with E-state index in [-0.39, 0.29) is 28.4 Å². The van der Waals surface area contributed by atoms with Crippen molar-refractivity contribution in [1.29, 1.82) is 0 Å². The number of ether oxygens (including phenoxy) is 2. The number of carbonyl (C=O) groups is 1. The van der Waals surface area contributed by atoms with Crippen LogP contribution in [0.1, 0.15) is 60.6 Å². The number of benzene rings is 2. The molecule has 0 saturated heterocycles. The SMILES string of the molecule is COC(=O)C[C@@H](c1ccc(O)c(Cl)c1)c1c(Cc2ccc3c(c2)CCC(C)(C)O3)[nH][nH]c1=O. The van der Waals surface area contributed by atoms with Crippen molar-refractivity contribution in [2.45, 2.75) is 51.0 Å². The highest BCUT2D eigenvalue weighted by Crippen LogP contribution is 2.36. The molecule has 2 aromatic carbocycles. The molecule has 0 spiro atoms. The van der Waals surface area contributed by atoms with Gasteiger partial charge in [-0.05, 0) is 61.6 Å². The summed E-state index contributed by atoms with van der Waals surface area (Å²) in [4.78, 5) is 25.0. The maximum atomic E-state index is 12.8. The molecule has 0 fully saturated rings. The number of methoxy groups -OCH3 is 1. The van der Waals surface area contributed by atoms with Crippen LogP contribution in [0.25, 0.3) is 0 Å². The van der Waals surface area contributed by atoms with Crippen LogP contribution in [0.4, 0.5) is 0 Å². The number of phenols is 1. The number of carbonyl (C=O) groups excluding carboxylic acids is 1. The molecule has 0 amide bonds. The Morgan fingerprint density at radius 2 is 2.03 bits per heavy atom. The quantitative estimate of drug-likeness (QED) is 0.461. The molecule has 1 aliphatic heterocycles. The topological polar surface area (TPSA) is 104 Å². The van der Waals surface area contributed by atoms with E-state index in [4.69, 9.17) is 21.1 Å². The molecule has 33 heavy (non-hydrogen) atoms. The molecule has 7 nitrogen and oxygen atoms in total. The first kappa shape index (κ1) is 23.0. The van der Waals surface area contributed by atoms with E-state index in [2.05, 4.69) is 30.1 Å². The van der Waals surface area contributed by atoms with Crippen molar-refractivity contribution in [2.75, 3.05) is 7.11 Å². The van der Waals surface area contributed by atoms with E-state index in [1.807, 2.05) is 12.1 Å². The van der Waals surface area contributed by atoms with Gasteiger partial charge in [0.15, 0.2) is 0 Å². The van der Waals surface area contributed by atoms with Crippen LogP contribution >= 0.6 is 11.6 Å². The molecule has 0 bridgehead atoms. The number of aryl methyl sites for hydroxylation is 1. The fourth-order valence-corrected chi connectivity index (χ4v) is 4.50. The molecule has 4 rings (SSSR count). The van der Waals surface area contributed by atoms with Crippen molar-refractivity contribution in [1.82, 2.24) is 10.2 Å². The van der Waals surface area contributed by atoms with Gasteiger partial charge in [-0.2, -0.15) is 0 Å². The first-order chi connectivity index (χ1) is 15.7. The van der Waals surface area contributed by atoms with Crippen molar-refractivity contribution in [3.05, 3.63) is 79.7 Å². The Hall–Kier alpha value is -3.19. The summed E-state index contributed by atoms with van der Waals surface area (Å²) in [5.74, 6) is -0.230. The maximum absolute atomic E-state index is 12.8. The van der Waals surface area contributed by atoms with Gasteiger partial charge in [0.25, 0.3) is 5.56 Å². The number of esters is 1. The van der Waals surface area contributed by atoms with Crippen molar-refractivity contribution in [2.24, 2.45) is 0 Å². The minimum atomic E-state index is -0.595. The number of phenolic OH excluding ortho intramolecular Hbond substituents is 1. The summed E-state index contributed by atoms with van der Waals surface area (Å²) in [6, 6.07) is 10.7. The van der Waals surface area contributed by atoms with Crippen LogP contribution in [-0.4, -0.2) is 34.0 Å². The van der Waals surface area contributed by atoms with Crippen molar-refractivity contribution < 1.29 is 19.4 Å². The van der Waals surface area contributed by atoms with Crippen LogP contribution < -0.4 is 10.3 Å². The van der Waals surface area contributed by atoms with Crippen LogP contribution in [0.2, 0.25) is 5.02 Å². The number of hydrogen-bond acceptors (Lipinski definition) is 5. The third-order valence-corrected chi connectivity index (χ3v) is 6.41. The summed E-state index contributed by atoms with van der Waals surface area (Å²) in [5.41, 5.74) is 3.42. The van der Waals surface area contributed by atoms with Crippen molar-refractivity contribution in [3.8, 4) is 11.5 Å². The predicted octanol–water partition coefficient (Wildman–Crippen LogP) is 4.45. The summed E-state index contributed by atoms with van der Waals surface area (Å²) in [5, 5.41) is 15.6. The second-order valence-corrected chi connectivity index (χ2v) is 9.40. The molecule has 3 aromatic rings. The molecular formula is C25H27ClN2O5. The van der Waals surface area contributed by atoms with Gasteiger partial charge < -0.3 is 19.7 Å². The lowest BCUT2D eigenvalue weighted by atomic mass is 9.87. The van der Waals surface area contributed by atoms with E-state index in [1.165, 1.54) is 13.2 Å². The molecular weight excluding hydrogens is 444 g/mol. The highest BCUT2D eigenvalue weighted by Gasteiger charge is 2.28. The molecule has 1 atom stereocenters. The summed E-state index contributed by atoms with van der Waals surface area (Å²) < 4.78 is 11.0. The van der Waals surface area contributed by atoms with Crippen molar-refractivity contribution in [3.63, 3.8) is 0 Å². The highest BCUT2D eigenvalue weighted by atomic mass is 35.5. The predicted molar refractivity (Wildman–Crippen MR) is 125 cm³/mol. The number of H-pyrrole nitrogens is 2. The average Bonchev–Trinajstić information content (AvgIpc) is 3.13. The van der Waals surface area contributed by atoms with Gasteiger partial charge in [-0.15, -0.1) is 0 Å².